The van der Waals surface area contributed by atoms with Crippen molar-refractivity contribution < 1.29 is 28.5 Å². The lowest BCUT2D eigenvalue weighted by molar-refractivity contribution is -0.140. The summed E-state index contributed by atoms with van der Waals surface area (Å²) in [6.45, 7) is 13.4. The molecule has 7 nitrogen and oxygen atoms in total. The average Bonchev–Trinajstić information content (AvgIpc) is 3.52. The Bertz CT molecular complexity index is 1460. The van der Waals surface area contributed by atoms with Crippen molar-refractivity contribution in [1.29, 1.82) is 0 Å². The Morgan fingerprint density at radius 2 is 1.85 bits per heavy atom. The fourth-order valence-electron chi connectivity index (χ4n) is 6.93. The van der Waals surface area contributed by atoms with Crippen molar-refractivity contribution >= 4 is 41.2 Å². The number of fused-ring (bicyclic) bond motifs is 3. The van der Waals surface area contributed by atoms with E-state index in [4.69, 9.17) is 29.0 Å². The molecule has 3 aromatic rings. The number of unbranched alkanes of at least 4 members (excludes halogenated alkanes) is 1. The molecule has 0 spiro atoms. The predicted octanol–water partition coefficient (Wildman–Crippen LogP) is 9.34. The predicted molar refractivity (Wildman–Crippen MR) is 189 cm³/mol. The molecule has 0 fully saturated rings. The molecule has 2 heterocycles. The molecular formula is C36H52ClF2N3O4S. The lowest BCUT2D eigenvalue weighted by atomic mass is 9.82. The number of aliphatic hydroxyl groups is 1. The van der Waals surface area contributed by atoms with Crippen LogP contribution in [0.15, 0.2) is 36.4 Å². The number of aliphatic hydroxyl groups excluding tert-OH is 1. The van der Waals surface area contributed by atoms with Gasteiger partial charge in [-0.05, 0) is 82.8 Å². The lowest BCUT2D eigenvalue weighted by Crippen LogP contribution is -2.38. The fraction of sp³-hybridized carbons (Fsp3) is 0.611. The number of thiol groups is 1. The summed E-state index contributed by atoms with van der Waals surface area (Å²) < 4.78 is 32.4. The Morgan fingerprint density at radius 1 is 1.17 bits per heavy atom. The maximum atomic E-state index is 13.5. The van der Waals surface area contributed by atoms with Gasteiger partial charge in [-0.1, -0.05) is 70.2 Å². The number of alkyl halides is 2. The second-order valence-electron chi connectivity index (χ2n) is 13.1. The summed E-state index contributed by atoms with van der Waals surface area (Å²) in [5.41, 5.74) is 2.18. The first kappa shape index (κ1) is 39.0. The van der Waals surface area contributed by atoms with Crippen LogP contribution >= 0.6 is 24.2 Å². The molecule has 0 saturated carbocycles. The van der Waals surface area contributed by atoms with Gasteiger partial charge >= 0.3 is 12.6 Å². The maximum absolute atomic E-state index is 13.5. The summed E-state index contributed by atoms with van der Waals surface area (Å²) in [5, 5.41) is 21.6. The van der Waals surface area contributed by atoms with Crippen molar-refractivity contribution in [3.63, 3.8) is 0 Å². The highest BCUT2D eigenvalue weighted by Crippen LogP contribution is 2.47. The van der Waals surface area contributed by atoms with Crippen LogP contribution in [0.4, 0.5) is 8.78 Å². The molecule has 2 N–H and O–H groups in total. The molecule has 11 heteroatoms. The molecule has 0 radical (unpaired) electrons. The Labute approximate surface area is 289 Å². The number of benzene rings is 2. The number of hydrogen-bond donors (Lipinski definition) is 3. The van der Waals surface area contributed by atoms with Gasteiger partial charge in [0.2, 0.25) is 0 Å². The molecule has 0 bridgehead atoms. The van der Waals surface area contributed by atoms with Gasteiger partial charge in [-0.2, -0.15) is 21.4 Å². The molecule has 47 heavy (non-hydrogen) atoms. The monoisotopic (exact) mass is 695 g/mol. The summed E-state index contributed by atoms with van der Waals surface area (Å²) >= 11 is 10.9. The third kappa shape index (κ3) is 9.61. The van der Waals surface area contributed by atoms with E-state index >= 15 is 0 Å². The number of imidazole rings is 1. The van der Waals surface area contributed by atoms with Crippen LogP contribution in [0.25, 0.3) is 11.0 Å². The first-order chi connectivity index (χ1) is 22.2. The Hall–Kier alpha value is -2.40. The topological polar surface area (TPSA) is 87.8 Å². The number of carboxylic acids is 1. The van der Waals surface area contributed by atoms with E-state index in [1.54, 1.807) is 34.9 Å². The number of carboxylic acid groups (broad SMARTS) is 1. The van der Waals surface area contributed by atoms with Crippen molar-refractivity contribution in [2.45, 2.75) is 129 Å². The highest BCUT2D eigenvalue weighted by Gasteiger charge is 2.41. The quantitative estimate of drug-likeness (QED) is 0.137. The van der Waals surface area contributed by atoms with Gasteiger partial charge in [-0.15, -0.1) is 0 Å². The minimum atomic E-state index is -3.08. The largest absolute Gasteiger partial charge is 0.480 e. The van der Waals surface area contributed by atoms with Crippen LogP contribution in [-0.2, 0) is 11.2 Å². The van der Waals surface area contributed by atoms with Crippen LogP contribution in [0, 0.1) is 5.92 Å². The number of aromatic nitrogens is 2. The van der Waals surface area contributed by atoms with Gasteiger partial charge in [0, 0.05) is 29.1 Å². The summed E-state index contributed by atoms with van der Waals surface area (Å²) in [5.74, 6) is -0.572. The van der Waals surface area contributed by atoms with E-state index in [2.05, 4.69) is 51.4 Å². The van der Waals surface area contributed by atoms with Gasteiger partial charge < -0.3 is 19.5 Å². The SMILES string of the molecule is CCCCC(CC)CC(S)(Cc1cccc(OC(F)F)c1[C@H]1C[C@H](O)c2nc3ccc(Cl)cc3n21)C(=O)O.CCN(C(C)C)C(C)C. The van der Waals surface area contributed by atoms with E-state index in [0.29, 0.717) is 51.5 Å². The zero-order valence-electron chi connectivity index (χ0n) is 28.7. The van der Waals surface area contributed by atoms with Crippen LogP contribution in [-0.4, -0.2) is 60.6 Å². The normalized spacial score (nSPS) is 18.0. The third-order valence-corrected chi connectivity index (χ3v) is 9.95. The molecule has 0 amide bonds. The van der Waals surface area contributed by atoms with E-state index in [0.717, 1.165) is 32.2 Å². The molecule has 4 rings (SSSR count). The highest BCUT2D eigenvalue weighted by molar-refractivity contribution is 7.82. The van der Waals surface area contributed by atoms with Crippen molar-refractivity contribution in [2.75, 3.05) is 6.54 Å². The number of aliphatic carboxylic acids is 1. The lowest BCUT2D eigenvalue weighted by Gasteiger charge is -2.31. The van der Waals surface area contributed by atoms with Crippen LogP contribution in [0.5, 0.6) is 5.75 Å². The van der Waals surface area contributed by atoms with Gasteiger partial charge in [-0.25, -0.2) is 4.98 Å². The summed E-state index contributed by atoms with van der Waals surface area (Å²) in [4.78, 5) is 19.6. The van der Waals surface area contributed by atoms with Crippen LogP contribution in [0.2, 0.25) is 5.02 Å². The second-order valence-corrected chi connectivity index (χ2v) is 14.4. The van der Waals surface area contributed by atoms with Gasteiger partial charge in [-0.3, -0.25) is 9.69 Å². The molecular weight excluding hydrogens is 644 g/mol. The molecule has 0 aliphatic carbocycles. The molecule has 2 unspecified atom stereocenters. The molecule has 0 saturated heterocycles. The van der Waals surface area contributed by atoms with Gasteiger partial charge in [0.15, 0.2) is 0 Å². The number of halogens is 3. The number of ether oxygens (including phenoxy) is 1. The average molecular weight is 696 g/mol. The number of carbonyl (C=O) groups is 1. The second kappa shape index (κ2) is 17.3. The fourth-order valence-corrected chi connectivity index (χ4v) is 7.53. The molecule has 1 aliphatic heterocycles. The molecule has 1 aromatic heterocycles. The van der Waals surface area contributed by atoms with Gasteiger partial charge in [0.05, 0.1) is 17.1 Å². The summed E-state index contributed by atoms with van der Waals surface area (Å²) in [6, 6.07) is 10.7. The Balaban J connectivity index is 0.000000584. The highest BCUT2D eigenvalue weighted by atomic mass is 35.5. The molecule has 2 aromatic carbocycles. The minimum Gasteiger partial charge on any atom is -0.480 e. The first-order valence-electron chi connectivity index (χ1n) is 16.8. The zero-order valence-corrected chi connectivity index (χ0v) is 30.4. The number of nitrogens with zero attached hydrogens (tertiary/aromatic N) is 3. The van der Waals surface area contributed by atoms with E-state index in [-0.39, 0.29) is 24.5 Å². The minimum absolute atomic E-state index is 0.000838. The van der Waals surface area contributed by atoms with Crippen LogP contribution in [0.1, 0.15) is 116 Å². The maximum Gasteiger partial charge on any atom is 0.387 e. The van der Waals surface area contributed by atoms with Crippen LogP contribution in [0.3, 0.4) is 0 Å². The Morgan fingerprint density at radius 3 is 2.38 bits per heavy atom. The smallest absolute Gasteiger partial charge is 0.387 e. The van der Waals surface area contributed by atoms with Crippen molar-refractivity contribution in [2.24, 2.45) is 5.92 Å². The first-order valence-corrected chi connectivity index (χ1v) is 17.6. The Kier molecular flexibility index (Phi) is 14.4. The summed E-state index contributed by atoms with van der Waals surface area (Å²) in [6.07, 6.45) is 3.27. The van der Waals surface area contributed by atoms with Crippen LogP contribution < -0.4 is 4.74 Å². The van der Waals surface area contributed by atoms with E-state index in [1.165, 1.54) is 6.07 Å². The molecule has 262 valence electrons. The standard InChI is InChI=1S/C28H33ClF2N2O4S.C8H19N/c1-3-5-7-16(4-2)14-28(38,26(35)36)15-17-8-6-9-23(37-27(30)31)24(17)21-13-22(34)25-32-19-11-10-18(29)12-20(19)33(21)25;1-6-9(7(2)3)8(4)5/h6,8-12,16,21-22,27,34,38H,3-5,7,13-15H2,1-2H3,(H,35,36);7-8H,6H2,1-5H3/t16?,21-,22+,28?;/m1./s1. The van der Waals surface area contributed by atoms with Crippen molar-refractivity contribution in [3.05, 3.63) is 58.4 Å². The van der Waals surface area contributed by atoms with Crippen molar-refractivity contribution in [1.82, 2.24) is 14.5 Å². The number of rotatable bonds is 15. The molecule has 4 atom stereocenters. The van der Waals surface area contributed by atoms with Gasteiger partial charge in [0.25, 0.3) is 0 Å². The summed E-state index contributed by atoms with van der Waals surface area (Å²) in [7, 11) is 0. The zero-order chi connectivity index (χ0) is 35.1. The van der Waals surface area contributed by atoms with Crippen molar-refractivity contribution in [3.8, 4) is 5.75 Å². The third-order valence-electron chi connectivity index (χ3n) is 9.18. The van der Waals surface area contributed by atoms with E-state index in [9.17, 15) is 23.8 Å². The number of hydrogen-bond acceptors (Lipinski definition) is 6. The van der Waals surface area contributed by atoms with E-state index in [1.807, 2.05) is 6.92 Å². The van der Waals surface area contributed by atoms with E-state index < -0.39 is 29.5 Å². The molecule has 1 aliphatic rings. The van der Waals surface area contributed by atoms with Gasteiger partial charge in [0.1, 0.15) is 22.4 Å².